The van der Waals surface area contributed by atoms with E-state index in [1.54, 1.807) is 0 Å². The lowest BCUT2D eigenvalue weighted by Crippen LogP contribution is -2.05. The van der Waals surface area contributed by atoms with Crippen molar-refractivity contribution >= 4 is 5.97 Å². The van der Waals surface area contributed by atoms with Crippen LogP contribution in [0, 0.1) is 6.92 Å². The molecule has 0 aliphatic carbocycles. The van der Waals surface area contributed by atoms with Crippen LogP contribution in [-0.4, -0.2) is 12.6 Å². The maximum atomic E-state index is 11.2. The van der Waals surface area contributed by atoms with E-state index in [-0.39, 0.29) is 5.97 Å². The van der Waals surface area contributed by atoms with Crippen LogP contribution in [0.15, 0.2) is 0 Å². The number of esters is 1. The molecule has 0 rings (SSSR count). The summed E-state index contributed by atoms with van der Waals surface area (Å²) in [5.74, 6) is -0.0272. The van der Waals surface area contributed by atoms with Crippen LogP contribution in [0.1, 0.15) is 64.7 Å². The number of hydrogen-bond donors (Lipinski definition) is 0. The molecule has 0 atom stereocenters. The molecule has 0 spiro atoms. The van der Waals surface area contributed by atoms with Gasteiger partial charge in [-0.3, -0.25) is 4.79 Å². The minimum absolute atomic E-state index is 0.0272. The molecule has 1 radical (unpaired) electrons. The Morgan fingerprint density at radius 1 is 1.07 bits per heavy atom. The predicted octanol–water partition coefficient (Wildman–Crippen LogP) is 3.89. The molecule has 0 bridgehead atoms. The van der Waals surface area contributed by atoms with Crippen molar-refractivity contribution in [3.05, 3.63) is 6.92 Å². The van der Waals surface area contributed by atoms with Gasteiger partial charge in [-0.05, 0) is 12.8 Å². The molecule has 0 unspecified atom stereocenters. The Balaban J connectivity index is 3.10. The largest absolute Gasteiger partial charge is 0.466 e. The predicted molar refractivity (Wildman–Crippen MR) is 63.5 cm³/mol. The molecule has 0 saturated carbocycles. The summed E-state index contributed by atoms with van der Waals surface area (Å²) in [5, 5.41) is 0. The summed E-state index contributed by atoms with van der Waals surface area (Å²) in [6.45, 7) is 6.52. The first-order valence-corrected chi connectivity index (χ1v) is 6.26. The lowest BCUT2D eigenvalue weighted by atomic mass is 10.2. The van der Waals surface area contributed by atoms with Gasteiger partial charge in [0.05, 0.1) is 6.61 Å². The molecule has 0 heterocycles. The number of hydrogen-bond acceptors (Lipinski definition) is 2. The lowest BCUT2D eigenvalue weighted by molar-refractivity contribution is -0.143. The Labute approximate surface area is 94.4 Å². The van der Waals surface area contributed by atoms with Crippen LogP contribution in [0.25, 0.3) is 0 Å². The van der Waals surface area contributed by atoms with Crippen LogP contribution in [0.3, 0.4) is 0 Å². The minimum Gasteiger partial charge on any atom is -0.466 e. The maximum Gasteiger partial charge on any atom is 0.305 e. The molecule has 0 saturated heterocycles. The Bertz CT molecular complexity index is 143. The molecule has 0 aromatic heterocycles. The fourth-order valence-electron chi connectivity index (χ4n) is 1.41. The molecule has 0 aliphatic heterocycles. The van der Waals surface area contributed by atoms with Crippen molar-refractivity contribution in [2.24, 2.45) is 0 Å². The highest BCUT2D eigenvalue weighted by atomic mass is 16.5. The van der Waals surface area contributed by atoms with Crippen LogP contribution >= 0.6 is 0 Å². The van der Waals surface area contributed by atoms with Crippen molar-refractivity contribution in [3.63, 3.8) is 0 Å². The number of carbonyl (C=O) groups is 1. The smallest absolute Gasteiger partial charge is 0.305 e. The second kappa shape index (κ2) is 11.5. The summed E-state index contributed by atoms with van der Waals surface area (Å²) >= 11 is 0. The summed E-state index contributed by atoms with van der Waals surface area (Å²) in [6, 6.07) is 0. The molecule has 2 nitrogen and oxygen atoms in total. The molecule has 0 N–H and O–H groups in total. The van der Waals surface area contributed by atoms with Crippen molar-refractivity contribution < 1.29 is 9.53 Å². The van der Waals surface area contributed by atoms with E-state index in [9.17, 15) is 4.79 Å². The SMILES string of the molecule is [CH2]CCCCCCOC(=O)CCCCC. The Kier molecular flexibility index (Phi) is 11.1. The van der Waals surface area contributed by atoms with Crippen LogP contribution in [0.4, 0.5) is 0 Å². The normalized spacial score (nSPS) is 10.3. The molecular formula is C13H25O2. The highest BCUT2D eigenvalue weighted by Gasteiger charge is 2.01. The van der Waals surface area contributed by atoms with Gasteiger partial charge in [-0.2, -0.15) is 0 Å². The quantitative estimate of drug-likeness (QED) is 0.406. The number of ether oxygens (including phenoxy) is 1. The van der Waals surface area contributed by atoms with E-state index in [0.717, 1.165) is 38.5 Å². The van der Waals surface area contributed by atoms with Crippen molar-refractivity contribution in [2.45, 2.75) is 64.7 Å². The topological polar surface area (TPSA) is 26.3 Å². The fourth-order valence-corrected chi connectivity index (χ4v) is 1.41. The summed E-state index contributed by atoms with van der Waals surface area (Å²) in [6.07, 6.45) is 9.38. The molecule has 15 heavy (non-hydrogen) atoms. The van der Waals surface area contributed by atoms with Gasteiger partial charge in [0, 0.05) is 6.42 Å². The Morgan fingerprint density at radius 3 is 2.47 bits per heavy atom. The maximum absolute atomic E-state index is 11.2. The molecule has 0 fully saturated rings. The average molecular weight is 213 g/mol. The zero-order valence-electron chi connectivity index (χ0n) is 10.1. The third-order valence-corrected chi connectivity index (χ3v) is 2.39. The van der Waals surface area contributed by atoms with E-state index in [4.69, 9.17) is 4.74 Å². The molecule has 0 amide bonds. The fraction of sp³-hybridized carbons (Fsp3) is 0.846. The molecule has 0 aliphatic rings. The van der Waals surface area contributed by atoms with Gasteiger partial charge < -0.3 is 4.74 Å². The summed E-state index contributed by atoms with van der Waals surface area (Å²) in [7, 11) is 0. The Hall–Kier alpha value is -0.530. The van der Waals surface area contributed by atoms with Crippen molar-refractivity contribution in [2.75, 3.05) is 6.61 Å². The molecule has 89 valence electrons. The zero-order chi connectivity index (χ0) is 11.4. The molecule has 0 aromatic carbocycles. The second-order valence-corrected chi connectivity index (χ2v) is 3.95. The van der Waals surface area contributed by atoms with Gasteiger partial charge in [0.15, 0.2) is 0 Å². The van der Waals surface area contributed by atoms with Gasteiger partial charge in [-0.25, -0.2) is 0 Å². The number of rotatable bonds is 10. The van der Waals surface area contributed by atoms with E-state index < -0.39 is 0 Å². The third-order valence-electron chi connectivity index (χ3n) is 2.39. The monoisotopic (exact) mass is 213 g/mol. The van der Waals surface area contributed by atoms with Crippen LogP contribution < -0.4 is 0 Å². The first-order valence-electron chi connectivity index (χ1n) is 6.26. The van der Waals surface area contributed by atoms with Crippen molar-refractivity contribution in [1.29, 1.82) is 0 Å². The lowest BCUT2D eigenvalue weighted by Gasteiger charge is -2.04. The van der Waals surface area contributed by atoms with Gasteiger partial charge in [-0.1, -0.05) is 52.4 Å². The van der Waals surface area contributed by atoms with Crippen LogP contribution in [-0.2, 0) is 9.53 Å². The van der Waals surface area contributed by atoms with Gasteiger partial charge in [0.1, 0.15) is 0 Å². The summed E-state index contributed by atoms with van der Waals surface area (Å²) in [4.78, 5) is 11.2. The standard InChI is InChI=1S/C13H25O2/c1-3-5-7-8-10-12-15-13(14)11-9-6-4-2/h1,3-12H2,2H3. The minimum atomic E-state index is -0.0272. The first kappa shape index (κ1) is 14.5. The second-order valence-electron chi connectivity index (χ2n) is 3.95. The number of unbranched alkanes of at least 4 members (excludes halogenated alkanes) is 6. The highest BCUT2D eigenvalue weighted by Crippen LogP contribution is 2.04. The van der Waals surface area contributed by atoms with E-state index in [2.05, 4.69) is 13.8 Å². The van der Waals surface area contributed by atoms with Crippen LogP contribution in [0.5, 0.6) is 0 Å². The van der Waals surface area contributed by atoms with Gasteiger partial charge in [0.25, 0.3) is 0 Å². The Morgan fingerprint density at radius 2 is 1.80 bits per heavy atom. The van der Waals surface area contributed by atoms with E-state index in [1.165, 1.54) is 12.8 Å². The van der Waals surface area contributed by atoms with E-state index in [1.807, 2.05) is 0 Å². The molecule has 0 aromatic rings. The first-order chi connectivity index (χ1) is 7.31. The summed E-state index contributed by atoms with van der Waals surface area (Å²) in [5.41, 5.74) is 0. The van der Waals surface area contributed by atoms with Gasteiger partial charge >= 0.3 is 5.97 Å². The molecular weight excluding hydrogens is 188 g/mol. The zero-order valence-corrected chi connectivity index (χ0v) is 10.1. The average Bonchev–Trinajstić information content (AvgIpc) is 2.23. The summed E-state index contributed by atoms with van der Waals surface area (Å²) < 4.78 is 5.11. The van der Waals surface area contributed by atoms with Crippen molar-refractivity contribution in [3.8, 4) is 0 Å². The van der Waals surface area contributed by atoms with Gasteiger partial charge in [0.2, 0.25) is 0 Å². The highest BCUT2D eigenvalue weighted by molar-refractivity contribution is 5.69. The van der Waals surface area contributed by atoms with E-state index >= 15 is 0 Å². The van der Waals surface area contributed by atoms with Gasteiger partial charge in [-0.15, -0.1) is 0 Å². The number of carbonyl (C=O) groups excluding carboxylic acids is 1. The molecule has 2 heteroatoms. The van der Waals surface area contributed by atoms with E-state index in [0.29, 0.717) is 13.0 Å². The van der Waals surface area contributed by atoms with Crippen molar-refractivity contribution in [1.82, 2.24) is 0 Å². The van der Waals surface area contributed by atoms with Crippen LogP contribution in [0.2, 0.25) is 0 Å². The third kappa shape index (κ3) is 11.4.